The summed E-state index contributed by atoms with van der Waals surface area (Å²) in [5.41, 5.74) is -0.0734. The number of urea groups is 1. The second-order valence-electron chi connectivity index (χ2n) is 6.59. The van der Waals surface area contributed by atoms with Gasteiger partial charge < -0.3 is 4.90 Å². The molecule has 0 radical (unpaired) electrons. The molecule has 2 aliphatic rings. The van der Waals surface area contributed by atoms with Crippen LogP contribution in [-0.2, 0) is 4.79 Å². The Morgan fingerprint density at radius 3 is 2.44 bits per heavy atom. The van der Waals surface area contributed by atoms with Gasteiger partial charge in [0.15, 0.2) is 0 Å². The molecule has 4 nitrogen and oxygen atoms in total. The highest BCUT2D eigenvalue weighted by Crippen LogP contribution is 2.32. The minimum absolute atomic E-state index is 0.0179. The first-order valence-electron chi connectivity index (χ1n) is 6.97. The number of carbonyl (C=O) groups is 2. The van der Waals surface area contributed by atoms with Gasteiger partial charge in [0, 0.05) is 12.6 Å². The molecule has 2 fully saturated rings. The number of fused-ring (bicyclic) bond motifs is 1. The molecule has 0 spiro atoms. The van der Waals surface area contributed by atoms with Crippen LogP contribution in [0.25, 0.3) is 0 Å². The highest BCUT2D eigenvalue weighted by atomic mass is 16.2. The van der Waals surface area contributed by atoms with Crippen LogP contribution in [-0.4, -0.2) is 40.4 Å². The second kappa shape index (κ2) is 4.56. The molecule has 2 rings (SSSR count). The van der Waals surface area contributed by atoms with Crippen LogP contribution in [0.4, 0.5) is 4.79 Å². The fourth-order valence-corrected chi connectivity index (χ4v) is 2.73. The lowest BCUT2D eigenvalue weighted by atomic mass is 9.87. The highest BCUT2D eigenvalue weighted by molar-refractivity contribution is 6.04. The maximum atomic E-state index is 12.5. The molecule has 2 saturated heterocycles. The first kappa shape index (κ1) is 13.4. The summed E-state index contributed by atoms with van der Waals surface area (Å²) in [6.45, 7) is 8.93. The Morgan fingerprint density at radius 2 is 1.83 bits per heavy atom. The Hall–Kier alpha value is -1.06. The maximum Gasteiger partial charge on any atom is 0.327 e. The van der Waals surface area contributed by atoms with Gasteiger partial charge in [-0.2, -0.15) is 0 Å². The predicted octanol–water partition coefficient (Wildman–Crippen LogP) is 2.63. The maximum absolute atomic E-state index is 12.5. The predicted molar refractivity (Wildman–Crippen MR) is 70.1 cm³/mol. The molecule has 2 aliphatic heterocycles. The van der Waals surface area contributed by atoms with Crippen LogP contribution in [0.1, 0.15) is 53.4 Å². The molecule has 0 aromatic carbocycles. The third kappa shape index (κ3) is 2.13. The second-order valence-corrected chi connectivity index (χ2v) is 6.59. The molecule has 0 aliphatic carbocycles. The van der Waals surface area contributed by atoms with E-state index in [0.29, 0.717) is 0 Å². The lowest BCUT2D eigenvalue weighted by Crippen LogP contribution is -2.46. The van der Waals surface area contributed by atoms with Crippen LogP contribution in [0.2, 0.25) is 0 Å². The number of hydrogen-bond acceptors (Lipinski definition) is 2. The molecule has 2 atom stereocenters. The van der Waals surface area contributed by atoms with Gasteiger partial charge in [-0.25, -0.2) is 4.79 Å². The Kier molecular flexibility index (Phi) is 3.39. The molecule has 18 heavy (non-hydrogen) atoms. The average molecular weight is 252 g/mol. The van der Waals surface area contributed by atoms with Gasteiger partial charge in [-0.3, -0.25) is 9.69 Å². The van der Waals surface area contributed by atoms with E-state index in [1.54, 1.807) is 4.90 Å². The third-order valence-electron chi connectivity index (χ3n) is 4.37. The van der Waals surface area contributed by atoms with Gasteiger partial charge in [-0.1, -0.05) is 33.6 Å². The van der Waals surface area contributed by atoms with Gasteiger partial charge in [0.2, 0.25) is 0 Å². The number of nitrogens with zero attached hydrogens (tertiary/aromatic N) is 2. The van der Waals surface area contributed by atoms with E-state index in [4.69, 9.17) is 0 Å². The van der Waals surface area contributed by atoms with E-state index < -0.39 is 0 Å². The normalized spacial score (nSPS) is 27.2. The van der Waals surface area contributed by atoms with Crippen molar-refractivity contribution >= 4 is 11.9 Å². The zero-order valence-corrected chi connectivity index (χ0v) is 11.9. The summed E-state index contributed by atoms with van der Waals surface area (Å²) in [5, 5.41) is 0. The van der Waals surface area contributed by atoms with E-state index in [1.807, 2.05) is 6.92 Å². The van der Waals surface area contributed by atoms with Crippen molar-refractivity contribution in [3.8, 4) is 0 Å². The molecule has 2 heterocycles. The fourth-order valence-electron chi connectivity index (χ4n) is 2.73. The third-order valence-corrected chi connectivity index (χ3v) is 4.37. The average Bonchev–Trinajstić information content (AvgIpc) is 2.48. The minimum atomic E-state index is -0.190. The summed E-state index contributed by atoms with van der Waals surface area (Å²) >= 11 is 0. The van der Waals surface area contributed by atoms with Crippen molar-refractivity contribution in [3.63, 3.8) is 0 Å². The Bertz CT molecular complexity index is 335. The molecule has 0 aromatic rings. The SMILES string of the molecule is C[C@H](N1C(=O)[C@@H]2CCCCCN2C1=O)C(C)(C)C. The Morgan fingerprint density at radius 1 is 1.17 bits per heavy atom. The van der Waals surface area contributed by atoms with Gasteiger partial charge in [-0.05, 0) is 25.2 Å². The number of amides is 3. The molecule has 0 unspecified atom stereocenters. The first-order chi connectivity index (χ1) is 8.34. The zero-order valence-electron chi connectivity index (χ0n) is 11.9. The topological polar surface area (TPSA) is 40.6 Å². The van der Waals surface area contributed by atoms with Crippen LogP contribution >= 0.6 is 0 Å². The monoisotopic (exact) mass is 252 g/mol. The number of carbonyl (C=O) groups excluding carboxylic acids is 2. The summed E-state index contributed by atoms with van der Waals surface area (Å²) in [6, 6.07) is -0.316. The first-order valence-corrected chi connectivity index (χ1v) is 6.97. The van der Waals surface area contributed by atoms with E-state index in [1.165, 1.54) is 4.90 Å². The molecule has 0 N–H and O–H groups in total. The van der Waals surface area contributed by atoms with Crippen molar-refractivity contribution in [2.75, 3.05) is 6.54 Å². The van der Waals surface area contributed by atoms with Gasteiger partial charge >= 0.3 is 6.03 Å². The summed E-state index contributed by atoms with van der Waals surface area (Å²) < 4.78 is 0. The summed E-state index contributed by atoms with van der Waals surface area (Å²) in [6.07, 6.45) is 4.03. The van der Waals surface area contributed by atoms with Crippen LogP contribution in [0.5, 0.6) is 0 Å². The quantitative estimate of drug-likeness (QED) is 0.673. The van der Waals surface area contributed by atoms with E-state index >= 15 is 0 Å². The molecule has 3 amide bonds. The minimum Gasteiger partial charge on any atom is -0.312 e. The molecule has 0 saturated carbocycles. The fraction of sp³-hybridized carbons (Fsp3) is 0.857. The van der Waals surface area contributed by atoms with Crippen LogP contribution in [0.15, 0.2) is 0 Å². The highest BCUT2D eigenvalue weighted by Gasteiger charge is 2.48. The van der Waals surface area contributed by atoms with Crippen molar-refractivity contribution in [2.45, 2.75) is 65.5 Å². The molecular formula is C14H24N2O2. The molecule has 102 valence electrons. The van der Waals surface area contributed by atoms with Crippen LogP contribution in [0.3, 0.4) is 0 Å². The van der Waals surface area contributed by atoms with Crippen molar-refractivity contribution in [1.29, 1.82) is 0 Å². The Balaban J connectivity index is 2.24. The molecule has 0 bridgehead atoms. The van der Waals surface area contributed by atoms with Gasteiger partial charge in [-0.15, -0.1) is 0 Å². The van der Waals surface area contributed by atoms with Crippen molar-refractivity contribution < 1.29 is 9.59 Å². The lowest BCUT2D eigenvalue weighted by molar-refractivity contribution is -0.131. The van der Waals surface area contributed by atoms with E-state index in [9.17, 15) is 9.59 Å². The molecule has 0 aromatic heterocycles. The van der Waals surface area contributed by atoms with Crippen molar-refractivity contribution in [3.05, 3.63) is 0 Å². The van der Waals surface area contributed by atoms with Crippen molar-refractivity contribution in [1.82, 2.24) is 9.80 Å². The summed E-state index contributed by atoms with van der Waals surface area (Å²) in [7, 11) is 0. The largest absolute Gasteiger partial charge is 0.327 e. The smallest absolute Gasteiger partial charge is 0.312 e. The van der Waals surface area contributed by atoms with Crippen molar-refractivity contribution in [2.24, 2.45) is 5.41 Å². The summed E-state index contributed by atoms with van der Waals surface area (Å²) in [5.74, 6) is 0.0179. The van der Waals surface area contributed by atoms with Gasteiger partial charge in [0.05, 0.1) is 0 Å². The van der Waals surface area contributed by atoms with Crippen LogP contribution < -0.4 is 0 Å². The molecular weight excluding hydrogens is 228 g/mol. The van der Waals surface area contributed by atoms with Gasteiger partial charge in [0.1, 0.15) is 6.04 Å². The lowest BCUT2D eigenvalue weighted by Gasteiger charge is -2.33. The molecule has 4 heteroatoms. The van der Waals surface area contributed by atoms with Gasteiger partial charge in [0.25, 0.3) is 5.91 Å². The standard InChI is InChI=1S/C14H24N2O2/c1-10(14(2,3)4)16-12(17)11-8-6-5-7-9-15(11)13(16)18/h10-11H,5-9H2,1-4H3/t10-,11-/m0/s1. The number of imide groups is 1. The summed E-state index contributed by atoms with van der Waals surface area (Å²) in [4.78, 5) is 28.2. The number of hydrogen-bond donors (Lipinski definition) is 0. The Labute approximate surface area is 109 Å². The zero-order chi connectivity index (χ0) is 13.5. The van der Waals surface area contributed by atoms with E-state index in [0.717, 1.165) is 32.2 Å². The van der Waals surface area contributed by atoms with E-state index in [2.05, 4.69) is 20.8 Å². The number of rotatable bonds is 1. The van der Waals surface area contributed by atoms with E-state index in [-0.39, 0.29) is 29.4 Å². The van der Waals surface area contributed by atoms with Crippen LogP contribution in [0, 0.1) is 5.41 Å².